The first kappa shape index (κ1) is 14.7. The maximum Gasteiger partial charge on any atom is 0.274 e. The molecule has 22 heavy (non-hydrogen) atoms. The molecule has 0 bridgehead atoms. The first-order valence-corrected chi connectivity index (χ1v) is 8.28. The third kappa shape index (κ3) is 2.72. The number of anilines is 1. The summed E-state index contributed by atoms with van der Waals surface area (Å²) in [6.07, 6.45) is 3.21. The number of carbonyl (C=O) groups excluding carboxylic acids is 1. The number of aryl methyl sites for hydroxylation is 2. The molecule has 3 aromatic rings. The lowest BCUT2D eigenvalue weighted by Crippen LogP contribution is -2.24. The maximum absolute atomic E-state index is 12.3. The van der Waals surface area contributed by atoms with Crippen molar-refractivity contribution < 1.29 is 4.79 Å². The van der Waals surface area contributed by atoms with Gasteiger partial charge in [-0.25, -0.2) is 4.98 Å². The predicted octanol–water partition coefficient (Wildman–Crippen LogP) is 3.13. The Labute approximate surface area is 134 Å². The Kier molecular flexibility index (Phi) is 3.91. The molecule has 1 amide bonds. The standard InChI is InChI=1S/C15H13N3O2S2/c1-9-3-5-18(2)15(20)12(9)17-13(19)11-7-16-14(22-11)10-4-6-21-8-10/h3-8H,1-2H3,(H,17,19). The van der Waals surface area contributed by atoms with Crippen LogP contribution in [0.5, 0.6) is 0 Å². The normalized spacial score (nSPS) is 10.6. The van der Waals surface area contributed by atoms with E-state index in [2.05, 4.69) is 10.3 Å². The molecule has 112 valence electrons. The number of aromatic nitrogens is 2. The Hall–Kier alpha value is -2.25. The average molecular weight is 331 g/mol. The number of carbonyl (C=O) groups is 1. The summed E-state index contributed by atoms with van der Waals surface area (Å²) < 4.78 is 1.44. The van der Waals surface area contributed by atoms with Gasteiger partial charge in [0.05, 0.1) is 6.20 Å². The van der Waals surface area contributed by atoms with E-state index in [9.17, 15) is 9.59 Å². The van der Waals surface area contributed by atoms with Gasteiger partial charge in [0.15, 0.2) is 0 Å². The fourth-order valence-corrected chi connectivity index (χ4v) is 3.47. The summed E-state index contributed by atoms with van der Waals surface area (Å²) in [5, 5.41) is 7.44. The van der Waals surface area contributed by atoms with Gasteiger partial charge in [-0.3, -0.25) is 9.59 Å². The Morgan fingerprint density at radius 2 is 2.18 bits per heavy atom. The van der Waals surface area contributed by atoms with Crippen LogP contribution in [-0.2, 0) is 7.05 Å². The fraction of sp³-hybridized carbons (Fsp3) is 0.133. The third-order valence-corrected chi connectivity index (χ3v) is 4.94. The monoisotopic (exact) mass is 331 g/mol. The molecule has 0 saturated carbocycles. The van der Waals surface area contributed by atoms with Crippen molar-refractivity contribution in [3.8, 4) is 10.6 Å². The number of rotatable bonds is 3. The summed E-state index contributed by atoms with van der Waals surface area (Å²) in [4.78, 5) is 29.2. The Balaban J connectivity index is 1.87. The van der Waals surface area contributed by atoms with Gasteiger partial charge in [0, 0.05) is 24.2 Å². The van der Waals surface area contributed by atoms with Crippen LogP contribution in [0.3, 0.4) is 0 Å². The fourth-order valence-electron chi connectivity index (χ4n) is 1.95. The lowest BCUT2D eigenvalue weighted by molar-refractivity contribution is 0.103. The summed E-state index contributed by atoms with van der Waals surface area (Å²) in [5.74, 6) is -0.314. The average Bonchev–Trinajstić information content (AvgIpc) is 3.17. The highest BCUT2D eigenvalue weighted by atomic mass is 32.1. The van der Waals surface area contributed by atoms with Gasteiger partial charge in [0.25, 0.3) is 11.5 Å². The van der Waals surface area contributed by atoms with E-state index in [1.807, 2.05) is 16.8 Å². The smallest absolute Gasteiger partial charge is 0.274 e. The van der Waals surface area contributed by atoms with Gasteiger partial charge in [-0.05, 0) is 30.0 Å². The number of nitrogens with one attached hydrogen (secondary N) is 1. The van der Waals surface area contributed by atoms with Crippen molar-refractivity contribution in [3.05, 3.63) is 56.1 Å². The van der Waals surface area contributed by atoms with E-state index >= 15 is 0 Å². The largest absolute Gasteiger partial charge is 0.317 e. The minimum Gasteiger partial charge on any atom is -0.317 e. The Bertz CT molecular complexity index is 879. The highest BCUT2D eigenvalue weighted by molar-refractivity contribution is 7.17. The number of thiazole rings is 1. The molecule has 0 aliphatic carbocycles. The van der Waals surface area contributed by atoms with Crippen molar-refractivity contribution in [2.45, 2.75) is 6.92 Å². The molecule has 0 spiro atoms. The lowest BCUT2D eigenvalue weighted by atomic mass is 10.2. The van der Waals surface area contributed by atoms with E-state index in [4.69, 9.17) is 0 Å². The zero-order valence-corrected chi connectivity index (χ0v) is 13.6. The molecule has 0 aromatic carbocycles. The van der Waals surface area contributed by atoms with Crippen LogP contribution in [0.1, 0.15) is 15.2 Å². The number of nitrogens with zero attached hydrogens (tertiary/aromatic N) is 2. The van der Waals surface area contributed by atoms with Crippen LogP contribution < -0.4 is 10.9 Å². The molecule has 3 aromatic heterocycles. The van der Waals surface area contributed by atoms with Gasteiger partial charge >= 0.3 is 0 Å². The minimum atomic E-state index is -0.314. The van der Waals surface area contributed by atoms with Gasteiger partial charge in [-0.2, -0.15) is 11.3 Å². The van der Waals surface area contributed by atoms with Crippen LogP contribution in [0, 0.1) is 6.92 Å². The molecule has 5 nitrogen and oxygen atoms in total. The van der Waals surface area contributed by atoms with E-state index in [1.54, 1.807) is 37.6 Å². The topological polar surface area (TPSA) is 64.0 Å². The summed E-state index contributed by atoms with van der Waals surface area (Å²) in [7, 11) is 1.65. The van der Waals surface area contributed by atoms with Crippen LogP contribution in [0.15, 0.2) is 40.1 Å². The zero-order valence-electron chi connectivity index (χ0n) is 12.0. The third-order valence-electron chi connectivity index (χ3n) is 3.21. The highest BCUT2D eigenvalue weighted by Gasteiger charge is 2.15. The van der Waals surface area contributed by atoms with Crippen molar-refractivity contribution >= 4 is 34.3 Å². The van der Waals surface area contributed by atoms with Crippen LogP contribution >= 0.6 is 22.7 Å². The predicted molar refractivity (Wildman–Crippen MR) is 89.8 cm³/mol. The first-order chi connectivity index (χ1) is 10.6. The maximum atomic E-state index is 12.3. The van der Waals surface area contributed by atoms with Gasteiger partial charge < -0.3 is 9.88 Å². The van der Waals surface area contributed by atoms with Gasteiger partial charge in [0.1, 0.15) is 15.6 Å². The van der Waals surface area contributed by atoms with Crippen molar-refractivity contribution in [2.24, 2.45) is 7.05 Å². The molecule has 1 N–H and O–H groups in total. The molecule has 0 atom stereocenters. The molecule has 0 fully saturated rings. The molecule has 0 radical (unpaired) electrons. The SMILES string of the molecule is Cc1ccn(C)c(=O)c1NC(=O)c1cnc(-c2ccsc2)s1. The molecule has 0 unspecified atom stereocenters. The number of amides is 1. The quantitative estimate of drug-likeness (QED) is 0.802. The molecule has 3 rings (SSSR count). The van der Waals surface area contributed by atoms with Crippen molar-refractivity contribution in [1.82, 2.24) is 9.55 Å². The summed E-state index contributed by atoms with van der Waals surface area (Å²) in [6.45, 7) is 1.79. The number of hydrogen-bond donors (Lipinski definition) is 1. The van der Waals surface area contributed by atoms with Gasteiger partial charge in [-0.1, -0.05) is 0 Å². The summed E-state index contributed by atoms with van der Waals surface area (Å²) in [5.41, 5.74) is 1.82. The van der Waals surface area contributed by atoms with Crippen LogP contribution in [-0.4, -0.2) is 15.5 Å². The Morgan fingerprint density at radius 1 is 1.36 bits per heavy atom. The van der Waals surface area contributed by atoms with E-state index in [1.165, 1.54) is 22.1 Å². The second kappa shape index (κ2) is 5.86. The number of pyridine rings is 1. The Morgan fingerprint density at radius 3 is 2.91 bits per heavy atom. The second-order valence-corrected chi connectivity index (χ2v) is 6.60. The van der Waals surface area contributed by atoms with Crippen molar-refractivity contribution in [2.75, 3.05) is 5.32 Å². The van der Waals surface area contributed by atoms with Crippen LogP contribution in [0.25, 0.3) is 10.6 Å². The number of thiophene rings is 1. The van der Waals surface area contributed by atoms with E-state index < -0.39 is 0 Å². The molecule has 0 saturated heterocycles. The number of hydrogen-bond acceptors (Lipinski definition) is 5. The van der Waals surface area contributed by atoms with E-state index in [-0.39, 0.29) is 11.5 Å². The van der Waals surface area contributed by atoms with Crippen molar-refractivity contribution in [1.29, 1.82) is 0 Å². The molecule has 7 heteroatoms. The van der Waals surface area contributed by atoms with Crippen LogP contribution in [0.2, 0.25) is 0 Å². The summed E-state index contributed by atoms with van der Waals surface area (Å²) >= 11 is 2.89. The first-order valence-electron chi connectivity index (χ1n) is 6.52. The second-order valence-electron chi connectivity index (χ2n) is 4.79. The summed E-state index contributed by atoms with van der Waals surface area (Å²) in [6, 6.07) is 3.75. The van der Waals surface area contributed by atoms with Crippen molar-refractivity contribution in [3.63, 3.8) is 0 Å². The van der Waals surface area contributed by atoms with Crippen LogP contribution in [0.4, 0.5) is 5.69 Å². The molecule has 0 aliphatic heterocycles. The molecule has 3 heterocycles. The minimum absolute atomic E-state index is 0.226. The molecule has 0 aliphatic rings. The molecular formula is C15H13N3O2S2. The lowest BCUT2D eigenvalue weighted by Gasteiger charge is -2.07. The van der Waals surface area contributed by atoms with Gasteiger partial charge in [-0.15, -0.1) is 11.3 Å². The van der Waals surface area contributed by atoms with E-state index in [0.717, 1.165) is 16.1 Å². The van der Waals surface area contributed by atoms with E-state index in [0.29, 0.717) is 10.6 Å². The molecular weight excluding hydrogens is 318 g/mol. The van der Waals surface area contributed by atoms with Gasteiger partial charge in [0.2, 0.25) is 0 Å². The highest BCUT2D eigenvalue weighted by Crippen LogP contribution is 2.27. The zero-order chi connectivity index (χ0) is 15.7.